The van der Waals surface area contributed by atoms with Crippen molar-refractivity contribution in [2.75, 3.05) is 18.0 Å². The minimum Gasteiger partial charge on any atom is -0.356 e. The van der Waals surface area contributed by atoms with Gasteiger partial charge in [0, 0.05) is 24.6 Å². The number of hydrogen-bond acceptors (Lipinski definition) is 3. The molecule has 0 radical (unpaired) electrons. The van der Waals surface area contributed by atoms with Gasteiger partial charge in [0.25, 0.3) is 0 Å². The fraction of sp³-hybridized carbons (Fsp3) is 0.750. The molecule has 1 aromatic rings. The molecule has 20 heavy (non-hydrogen) atoms. The van der Waals surface area contributed by atoms with Gasteiger partial charge in [-0.1, -0.05) is 39.3 Å². The summed E-state index contributed by atoms with van der Waals surface area (Å²) in [6.45, 7) is 13.0. The Morgan fingerprint density at radius 2 is 1.65 bits per heavy atom. The van der Waals surface area contributed by atoms with Crippen molar-refractivity contribution in [2.45, 2.75) is 53.4 Å². The highest BCUT2D eigenvalue weighted by Crippen LogP contribution is 2.40. The first-order valence-electron chi connectivity index (χ1n) is 7.67. The lowest BCUT2D eigenvalue weighted by Crippen LogP contribution is -2.33. The van der Waals surface area contributed by atoms with E-state index >= 15 is 0 Å². The quantitative estimate of drug-likeness (QED) is 0.727. The minimum atomic E-state index is 0.534. The van der Waals surface area contributed by atoms with E-state index in [9.17, 15) is 0 Å². The van der Waals surface area contributed by atoms with Crippen molar-refractivity contribution in [1.29, 1.82) is 0 Å². The second-order valence-corrected chi connectivity index (χ2v) is 7.15. The Kier molecular flexibility index (Phi) is 4.90. The summed E-state index contributed by atoms with van der Waals surface area (Å²) in [4.78, 5) is 11.7. The first-order valence-corrected chi connectivity index (χ1v) is 8.05. The average molecular weight is 296 g/mol. The summed E-state index contributed by atoms with van der Waals surface area (Å²) in [6, 6.07) is 0. The van der Waals surface area contributed by atoms with E-state index in [2.05, 4.69) is 37.6 Å². The number of anilines is 1. The van der Waals surface area contributed by atoms with E-state index < -0.39 is 0 Å². The second kappa shape index (κ2) is 6.30. The van der Waals surface area contributed by atoms with E-state index in [1.807, 2.05) is 6.92 Å². The summed E-state index contributed by atoms with van der Waals surface area (Å²) in [5.74, 6) is 3.71. The third-order valence-corrected chi connectivity index (χ3v) is 3.86. The van der Waals surface area contributed by atoms with Crippen LogP contribution in [0.4, 0.5) is 5.82 Å². The highest BCUT2D eigenvalue weighted by molar-refractivity contribution is 6.30. The molecule has 0 bridgehead atoms. The molecule has 0 spiro atoms. The molecule has 4 heteroatoms. The molecule has 0 saturated heterocycles. The molecule has 0 N–H and O–H groups in total. The maximum Gasteiger partial charge on any atom is 0.137 e. The van der Waals surface area contributed by atoms with E-state index in [1.54, 1.807) is 0 Å². The van der Waals surface area contributed by atoms with Crippen LogP contribution in [0.15, 0.2) is 0 Å². The summed E-state index contributed by atoms with van der Waals surface area (Å²) in [7, 11) is 0. The third-order valence-electron chi connectivity index (χ3n) is 3.49. The lowest BCUT2D eigenvalue weighted by Gasteiger charge is -2.29. The fourth-order valence-corrected chi connectivity index (χ4v) is 2.63. The molecule has 0 aliphatic heterocycles. The lowest BCUT2D eigenvalue weighted by molar-refractivity contribution is 0.546. The number of rotatable bonds is 6. The van der Waals surface area contributed by atoms with Gasteiger partial charge >= 0.3 is 0 Å². The van der Waals surface area contributed by atoms with Crippen LogP contribution in [0.5, 0.6) is 0 Å². The molecule has 112 valence electrons. The van der Waals surface area contributed by atoms with Gasteiger partial charge in [0.05, 0.1) is 0 Å². The molecule has 1 aromatic heterocycles. The molecular formula is C16H26ClN3. The second-order valence-electron chi connectivity index (χ2n) is 6.79. The summed E-state index contributed by atoms with van der Waals surface area (Å²) in [5.41, 5.74) is 1.01. The Hall–Kier alpha value is -0.830. The Morgan fingerprint density at radius 1 is 1.10 bits per heavy atom. The number of nitrogens with zero attached hydrogens (tertiary/aromatic N) is 3. The normalized spacial score (nSPS) is 15.2. The van der Waals surface area contributed by atoms with E-state index in [-0.39, 0.29) is 0 Å². The van der Waals surface area contributed by atoms with Crippen LogP contribution in [0.3, 0.4) is 0 Å². The summed E-state index contributed by atoms with van der Waals surface area (Å²) in [6.07, 6.45) is 2.40. The van der Waals surface area contributed by atoms with Gasteiger partial charge in [0.15, 0.2) is 0 Å². The molecule has 1 aliphatic rings. The molecule has 2 rings (SSSR count). The van der Waals surface area contributed by atoms with Crippen LogP contribution >= 0.6 is 11.6 Å². The highest BCUT2D eigenvalue weighted by atomic mass is 35.5. The van der Waals surface area contributed by atoms with Gasteiger partial charge in [-0.2, -0.15) is 0 Å². The molecule has 0 atom stereocenters. The summed E-state index contributed by atoms with van der Waals surface area (Å²) < 4.78 is 0. The van der Waals surface area contributed by atoms with Crippen molar-refractivity contribution in [3.05, 3.63) is 16.5 Å². The zero-order valence-corrected chi connectivity index (χ0v) is 14.0. The van der Waals surface area contributed by atoms with Gasteiger partial charge < -0.3 is 4.90 Å². The van der Waals surface area contributed by atoms with Crippen molar-refractivity contribution < 1.29 is 0 Å². The van der Waals surface area contributed by atoms with E-state index in [4.69, 9.17) is 16.6 Å². The van der Waals surface area contributed by atoms with Crippen LogP contribution in [0, 0.1) is 18.8 Å². The molecule has 0 aromatic carbocycles. The van der Waals surface area contributed by atoms with Crippen LogP contribution in [0.1, 0.15) is 57.8 Å². The Bertz CT molecular complexity index is 457. The van der Waals surface area contributed by atoms with Crippen molar-refractivity contribution in [3.8, 4) is 0 Å². The van der Waals surface area contributed by atoms with E-state index in [0.717, 1.165) is 30.3 Å². The zero-order valence-electron chi connectivity index (χ0n) is 13.3. The predicted octanol–water partition coefficient (Wildman–Crippen LogP) is 4.43. The van der Waals surface area contributed by atoms with Gasteiger partial charge in [0.1, 0.15) is 16.8 Å². The van der Waals surface area contributed by atoms with Gasteiger partial charge in [0.2, 0.25) is 0 Å². The molecule has 0 unspecified atom stereocenters. The smallest absolute Gasteiger partial charge is 0.137 e. The third kappa shape index (κ3) is 3.85. The Morgan fingerprint density at radius 3 is 2.10 bits per heavy atom. The van der Waals surface area contributed by atoms with Crippen LogP contribution in [0.2, 0.25) is 5.15 Å². The zero-order chi connectivity index (χ0) is 14.9. The van der Waals surface area contributed by atoms with Crippen LogP contribution in [-0.4, -0.2) is 23.1 Å². The number of hydrogen-bond donors (Lipinski definition) is 0. The van der Waals surface area contributed by atoms with Gasteiger partial charge in [-0.15, -0.1) is 0 Å². The van der Waals surface area contributed by atoms with Gasteiger partial charge in [-0.3, -0.25) is 0 Å². The fourth-order valence-electron chi connectivity index (χ4n) is 2.46. The molecule has 1 fully saturated rings. The molecular weight excluding hydrogens is 270 g/mol. The van der Waals surface area contributed by atoms with Crippen LogP contribution < -0.4 is 4.90 Å². The molecule has 1 aliphatic carbocycles. The van der Waals surface area contributed by atoms with E-state index in [0.29, 0.717) is 22.9 Å². The Labute approximate surface area is 127 Å². The summed E-state index contributed by atoms with van der Waals surface area (Å²) in [5, 5.41) is 0.620. The van der Waals surface area contributed by atoms with Crippen molar-refractivity contribution >= 4 is 17.4 Å². The minimum absolute atomic E-state index is 0.534. The standard InChI is InChI=1S/C16H26ClN3/c1-10(2)8-20(9-11(3)4)16-12(5)14(17)18-15(19-16)13-6-7-13/h10-11,13H,6-9H2,1-5H3. The summed E-state index contributed by atoms with van der Waals surface area (Å²) >= 11 is 6.33. The Balaban J connectivity index is 2.34. The maximum absolute atomic E-state index is 6.33. The maximum atomic E-state index is 6.33. The van der Waals surface area contributed by atoms with Gasteiger partial charge in [-0.05, 0) is 31.6 Å². The molecule has 0 amide bonds. The van der Waals surface area contributed by atoms with Crippen molar-refractivity contribution in [2.24, 2.45) is 11.8 Å². The number of aromatic nitrogens is 2. The average Bonchev–Trinajstić information content (AvgIpc) is 3.14. The monoisotopic (exact) mass is 295 g/mol. The van der Waals surface area contributed by atoms with Crippen LogP contribution in [-0.2, 0) is 0 Å². The molecule has 3 nitrogen and oxygen atoms in total. The number of halogens is 1. The molecule has 1 heterocycles. The topological polar surface area (TPSA) is 29.0 Å². The first-order chi connectivity index (χ1) is 9.38. The van der Waals surface area contributed by atoms with Crippen molar-refractivity contribution in [1.82, 2.24) is 9.97 Å². The van der Waals surface area contributed by atoms with Crippen LogP contribution in [0.25, 0.3) is 0 Å². The largest absolute Gasteiger partial charge is 0.356 e. The van der Waals surface area contributed by atoms with E-state index in [1.165, 1.54) is 12.8 Å². The van der Waals surface area contributed by atoms with Gasteiger partial charge in [-0.25, -0.2) is 9.97 Å². The molecule has 1 saturated carbocycles. The SMILES string of the molecule is Cc1c(Cl)nc(C2CC2)nc1N(CC(C)C)CC(C)C. The van der Waals surface area contributed by atoms with Crippen molar-refractivity contribution in [3.63, 3.8) is 0 Å². The highest BCUT2D eigenvalue weighted by Gasteiger charge is 2.29. The predicted molar refractivity (Wildman–Crippen MR) is 85.6 cm³/mol. The lowest BCUT2D eigenvalue weighted by atomic mass is 10.1. The first kappa shape index (κ1) is 15.6.